The maximum absolute atomic E-state index is 13.7. The van der Waals surface area contributed by atoms with Gasteiger partial charge in [-0.2, -0.15) is 0 Å². The van der Waals surface area contributed by atoms with E-state index in [1.165, 1.54) is 4.90 Å². The summed E-state index contributed by atoms with van der Waals surface area (Å²) in [5.74, 6) is -2.85. The largest absolute Gasteiger partial charge is 0.396 e. The number of halogens is 2. The van der Waals surface area contributed by atoms with Crippen LogP contribution >= 0.6 is 0 Å². The van der Waals surface area contributed by atoms with Crippen LogP contribution in [0.4, 0.5) is 14.5 Å². The predicted octanol–water partition coefficient (Wildman–Crippen LogP) is 1.39. The van der Waals surface area contributed by atoms with E-state index in [-0.39, 0.29) is 24.9 Å². The second kappa shape index (κ2) is 5.77. The minimum absolute atomic E-state index is 0.00415. The highest BCUT2D eigenvalue weighted by atomic mass is 19.1. The number of amides is 1. The molecule has 0 saturated carbocycles. The van der Waals surface area contributed by atoms with Crippen LogP contribution in [0.1, 0.15) is 24.2 Å². The number of hydrogen-bond acceptors (Lipinski definition) is 3. The van der Waals surface area contributed by atoms with Gasteiger partial charge in [-0.15, -0.1) is 0 Å². The highest BCUT2D eigenvalue weighted by molar-refractivity contribution is 5.95. The third kappa shape index (κ3) is 2.76. The summed E-state index contributed by atoms with van der Waals surface area (Å²) < 4.78 is 27.2. The van der Waals surface area contributed by atoms with Crippen molar-refractivity contribution in [3.8, 4) is 0 Å². The van der Waals surface area contributed by atoms with Gasteiger partial charge < -0.3 is 15.7 Å². The van der Waals surface area contributed by atoms with Crippen LogP contribution < -0.4 is 5.73 Å². The number of aliphatic hydroxyl groups is 1. The molecule has 0 atom stereocenters. The Kier molecular flexibility index (Phi) is 4.61. The van der Waals surface area contributed by atoms with Gasteiger partial charge in [0.15, 0.2) is 5.82 Å². The summed E-state index contributed by atoms with van der Waals surface area (Å²) in [4.78, 5) is 13.2. The smallest absolute Gasteiger partial charge is 0.260 e. The topological polar surface area (TPSA) is 66.6 Å². The number of hydrogen-bond donors (Lipinski definition) is 2. The molecule has 1 aromatic carbocycles. The Morgan fingerprint density at radius 3 is 2.56 bits per heavy atom. The Morgan fingerprint density at radius 1 is 1.44 bits per heavy atom. The van der Waals surface area contributed by atoms with E-state index in [9.17, 15) is 13.6 Å². The number of rotatable bonds is 4. The summed E-state index contributed by atoms with van der Waals surface area (Å²) in [7, 11) is 0. The van der Waals surface area contributed by atoms with Crippen LogP contribution in [0.15, 0.2) is 12.1 Å². The third-order valence-electron chi connectivity index (χ3n) is 2.56. The first kappa shape index (κ1) is 14.4. The fraction of sp³-hybridized carbons (Fsp3) is 0.417. The fourth-order valence-electron chi connectivity index (χ4n) is 1.61. The van der Waals surface area contributed by atoms with E-state index in [1.54, 1.807) is 13.8 Å². The van der Waals surface area contributed by atoms with Gasteiger partial charge in [-0.3, -0.25) is 4.79 Å². The molecule has 0 aliphatic carbocycles. The molecular weight excluding hydrogens is 242 g/mol. The van der Waals surface area contributed by atoms with Crippen LogP contribution in [0.2, 0.25) is 0 Å². The number of nitrogens with two attached hydrogens (primary N) is 1. The molecule has 18 heavy (non-hydrogen) atoms. The van der Waals surface area contributed by atoms with E-state index in [4.69, 9.17) is 10.8 Å². The lowest BCUT2D eigenvalue weighted by Gasteiger charge is -2.26. The average Bonchev–Trinajstić information content (AvgIpc) is 2.30. The maximum Gasteiger partial charge on any atom is 0.260 e. The van der Waals surface area contributed by atoms with Crippen molar-refractivity contribution in [2.24, 2.45) is 0 Å². The fourth-order valence-corrected chi connectivity index (χ4v) is 1.61. The summed E-state index contributed by atoms with van der Waals surface area (Å²) >= 11 is 0. The minimum Gasteiger partial charge on any atom is -0.396 e. The quantitative estimate of drug-likeness (QED) is 0.802. The number of benzene rings is 1. The molecule has 4 nitrogen and oxygen atoms in total. The van der Waals surface area contributed by atoms with E-state index >= 15 is 0 Å². The van der Waals surface area contributed by atoms with E-state index < -0.39 is 23.1 Å². The minimum atomic E-state index is -1.07. The Balaban J connectivity index is 3.20. The van der Waals surface area contributed by atoms with Crippen LogP contribution in [-0.4, -0.2) is 35.1 Å². The summed E-state index contributed by atoms with van der Waals surface area (Å²) in [6, 6.07) is 1.72. The lowest BCUT2D eigenvalue weighted by atomic mass is 10.1. The molecule has 0 aliphatic heterocycles. The Bertz CT molecular complexity index is 450. The molecule has 3 N–H and O–H groups in total. The number of carbonyl (C=O) groups excluding carboxylic acids is 1. The zero-order chi connectivity index (χ0) is 13.9. The average molecular weight is 258 g/mol. The van der Waals surface area contributed by atoms with E-state index in [1.807, 2.05) is 0 Å². The standard InChI is InChI=1S/C12H16F2N2O2/c1-7(2)16(5-6-17)12(18)10-8(13)3-4-9(15)11(10)14/h3-4,7,17H,5-6,15H2,1-2H3. The second-order valence-corrected chi connectivity index (χ2v) is 4.14. The molecule has 0 bridgehead atoms. The van der Waals surface area contributed by atoms with Crippen LogP contribution in [0.5, 0.6) is 0 Å². The second-order valence-electron chi connectivity index (χ2n) is 4.14. The Morgan fingerprint density at radius 2 is 2.06 bits per heavy atom. The van der Waals surface area contributed by atoms with Gasteiger partial charge in [-0.05, 0) is 26.0 Å². The number of aliphatic hydroxyl groups excluding tert-OH is 1. The first-order chi connectivity index (χ1) is 8.40. The molecule has 0 heterocycles. The van der Waals surface area contributed by atoms with Crippen LogP contribution in [0.3, 0.4) is 0 Å². The van der Waals surface area contributed by atoms with Crippen molar-refractivity contribution < 1.29 is 18.7 Å². The Labute approximate surface area is 104 Å². The van der Waals surface area contributed by atoms with Crippen molar-refractivity contribution in [1.82, 2.24) is 4.90 Å². The molecule has 1 rings (SSSR count). The molecule has 0 saturated heterocycles. The highest BCUT2D eigenvalue weighted by Crippen LogP contribution is 2.21. The molecule has 0 unspecified atom stereocenters. The molecule has 6 heteroatoms. The number of carbonyl (C=O) groups is 1. The zero-order valence-corrected chi connectivity index (χ0v) is 10.3. The van der Waals surface area contributed by atoms with Gasteiger partial charge in [0.1, 0.15) is 11.4 Å². The van der Waals surface area contributed by atoms with E-state index in [0.717, 1.165) is 12.1 Å². The first-order valence-corrected chi connectivity index (χ1v) is 5.55. The summed E-state index contributed by atoms with van der Waals surface area (Å²) in [5, 5.41) is 8.87. The lowest BCUT2D eigenvalue weighted by Crippen LogP contribution is -2.40. The first-order valence-electron chi connectivity index (χ1n) is 5.55. The molecule has 0 aliphatic rings. The van der Waals surface area contributed by atoms with Gasteiger partial charge >= 0.3 is 0 Å². The molecule has 0 aromatic heterocycles. The van der Waals surface area contributed by atoms with Crippen molar-refractivity contribution in [3.05, 3.63) is 29.3 Å². The molecular formula is C12H16F2N2O2. The van der Waals surface area contributed by atoms with Crippen LogP contribution in [-0.2, 0) is 0 Å². The molecule has 1 aromatic rings. The van der Waals surface area contributed by atoms with Crippen LogP contribution in [0, 0.1) is 11.6 Å². The van der Waals surface area contributed by atoms with E-state index in [0.29, 0.717) is 0 Å². The summed E-state index contributed by atoms with van der Waals surface area (Å²) in [6.45, 7) is 3.10. The number of nitrogen functional groups attached to an aromatic ring is 1. The maximum atomic E-state index is 13.7. The number of anilines is 1. The number of nitrogens with zero attached hydrogens (tertiary/aromatic N) is 1. The van der Waals surface area contributed by atoms with Gasteiger partial charge in [-0.1, -0.05) is 0 Å². The zero-order valence-electron chi connectivity index (χ0n) is 10.3. The Hall–Kier alpha value is -1.69. The SMILES string of the molecule is CC(C)N(CCO)C(=O)c1c(F)ccc(N)c1F. The van der Waals surface area contributed by atoms with Crippen molar-refractivity contribution in [2.45, 2.75) is 19.9 Å². The van der Waals surface area contributed by atoms with Gasteiger partial charge in [0, 0.05) is 12.6 Å². The molecule has 1 amide bonds. The van der Waals surface area contributed by atoms with Crippen LogP contribution in [0.25, 0.3) is 0 Å². The third-order valence-corrected chi connectivity index (χ3v) is 2.56. The molecule has 0 fully saturated rings. The van der Waals surface area contributed by atoms with Crippen molar-refractivity contribution in [2.75, 3.05) is 18.9 Å². The van der Waals surface area contributed by atoms with Gasteiger partial charge in [0.05, 0.1) is 12.3 Å². The molecule has 0 spiro atoms. The molecule has 0 radical (unpaired) electrons. The summed E-state index contributed by atoms with van der Waals surface area (Å²) in [6.07, 6.45) is 0. The van der Waals surface area contributed by atoms with Crippen molar-refractivity contribution in [1.29, 1.82) is 0 Å². The van der Waals surface area contributed by atoms with Crippen molar-refractivity contribution in [3.63, 3.8) is 0 Å². The van der Waals surface area contributed by atoms with E-state index in [2.05, 4.69) is 0 Å². The molecule has 100 valence electrons. The van der Waals surface area contributed by atoms with Crippen molar-refractivity contribution >= 4 is 11.6 Å². The lowest BCUT2D eigenvalue weighted by molar-refractivity contribution is 0.0655. The van der Waals surface area contributed by atoms with Gasteiger partial charge in [0.25, 0.3) is 5.91 Å². The van der Waals surface area contributed by atoms with Gasteiger partial charge in [0.2, 0.25) is 0 Å². The summed E-state index contributed by atoms with van der Waals surface area (Å²) in [5.41, 5.74) is 4.35. The predicted molar refractivity (Wildman–Crippen MR) is 64.0 cm³/mol. The normalized spacial score (nSPS) is 10.8. The van der Waals surface area contributed by atoms with Gasteiger partial charge in [-0.25, -0.2) is 8.78 Å². The monoisotopic (exact) mass is 258 g/mol. The highest BCUT2D eigenvalue weighted by Gasteiger charge is 2.25.